The predicted molar refractivity (Wildman–Crippen MR) is 65.1 cm³/mol. The first-order valence-corrected chi connectivity index (χ1v) is 6.42. The second kappa shape index (κ2) is 4.93. The Hall–Kier alpha value is -0.940. The molecule has 2 heterocycles. The van der Waals surface area contributed by atoms with Crippen LogP contribution >= 0.6 is 22.9 Å². The molecule has 0 fully saturated rings. The third-order valence-corrected chi connectivity index (χ3v) is 3.55. The molecular weight excluding hydrogens is 244 g/mol. The van der Waals surface area contributed by atoms with Gasteiger partial charge in [0.15, 0.2) is 0 Å². The first kappa shape index (κ1) is 11.5. The molecule has 0 amide bonds. The molecule has 6 heteroatoms. The highest BCUT2D eigenvalue weighted by molar-refractivity contribution is 7.11. The Morgan fingerprint density at radius 3 is 2.88 bits per heavy atom. The predicted octanol–water partition coefficient (Wildman–Crippen LogP) is 2.18. The third-order valence-electron chi connectivity index (χ3n) is 2.31. The van der Waals surface area contributed by atoms with Crippen LogP contribution in [0.25, 0.3) is 0 Å². The monoisotopic (exact) mass is 256 g/mol. The fraction of sp³-hybridized carbons (Fsp3) is 0.500. The lowest BCUT2D eigenvalue weighted by atomic mass is 10.4. The van der Waals surface area contributed by atoms with Gasteiger partial charge in [0.05, 0.1) is 17.9 Å². The smallest absolute Gasteiger partial charge is 0.115 e. The zero-order valence-corrected chi connectivity index (χ0v) is 10.8. The van der Waals surface area contributed by atoms with Gasteiger partial charge in [-0.1, -0.05) is 5.21 Å². The molecule has 0 aliphatic rings. The number of thiazole rings is 1. The largest absolute Gasteiger partial charge is 0.245 e. The Bertz CT molecular complexity index is 457. The molecular formula is C10H13ClN4S. The van der Waals surface area contributed by atoms with Gasteiger partial charge in [0, 0.05) is 23.4 Å². The average Bonchev–Trinajstić information content (AvgIpc) is 2.77. The van der Waals surface area contributed by atoms with Gasteiger partial charge in [0.25, 0.3) is 0 Å². The lowest BCUT2D eigenvalue weighted by Gasteiger charge is -1.94. The lowest BCUT2D eigenvalue weighted by molar-refractivity contribution is 0.646. The summed E-state index contributed by atoms with van der Waals surface area (Å²) in [6.45, 7) is 4.79. The normalized spacial score (nSPS) is 10.9. The highest BCUT2D eigenvalue weighted by Crippen LogP contribution is 2.17. The van der Waals surface area contributed by atoms with E-state index in [1.165, 1.54) is 4.88 Å². The van der Waals surface area contributed by atoms with Gasteiger partial charge < -0.3 is 0 Å². The van der Waals surface area contributed by atoms with E-state index in [-0.39, 0.29) is 0 Å². The molecule has 0 aliphatic carbocycles. The second-order valence-corrected chi connectivity index (χ2v) is 5.26. The van der Waals surface area contributed by atoms with Crippen molar-refractivity contribution in [1.82, 2.24) is 20.0 Å². The first-order valence-electron chi connectivity index (χ1n) is 5.07. The molecule has 16 heavy (non-hydrogen) atoms. The molecule has 0 spiro atoms. The van der Waals surface area contributed by atoms with Crippen molar-refractivity contribution in [3.8, 4) is 0 Å². The zero-order chi connectivity index (χ0) is 11.5. The standard InChI is InChI=1S/C10H13ClN4S/c1-7-8(2)16-10(12-7)6-15-5-9(3-4-11)13-14-15/h5H,3-4,6H2,1-2H3. The quantitative estimate of drug-likeness (QED) is 0.788. The van der Waals surface area contributed by atoms with Gasteiger partial charge in [-0.15, -0.1) is 28.0 Å². The van der Waals surface area contributed by atoms with Crippen LogP contribution in [0.3, 0.4) is 0 Å². The van der Waals surface area contributed by atoms with E-state index in [1.807, 2.05) is 13.1 Å². The van der Waals surface area contributed by atoms with Crippen molar-refractivity contribution in [2.75, 3.05) is 5.88 Å². The molecule has 0 saturated heterocycles. The van der Waals surface area contributed by atoms with E-state index >= 15 is 0 Å². The number of nitrogens with zero attached hydrogens (tertiary/aromatic N) is 4. The number of aryl methyl sites for hydroxylation is 3. The van der Waals surface area contributed by atoms with E-state index in [0.29, 0.717) is 12.4 Å². The summed E-state index contributed by atoms with van der Waals surface area (Å²) in [6, 6.07) is 0. The van der Waals surface area contributed by atoms with Crippen LogP contribution in [0.2, 0.25) is 0 Å². The molecule has 0 N–H and O–H groups in total. The molecule has 2 rings (SSSR count). The molecule has 86 valence electrons. The number of hydrogen-bond acceptors (Lipinski definition) is 4. The summed E-state index contributed by atoms with van der Waals surface area (Å²) in [4.78, 5) is 5.72. The fourth-order valence-electron chi connectivity index (χ4n) is 1.37. The maximum absolute atomic E-state index is 5.64. The fourth-order valence-corrected chi connectivity index (χ4v) is 2.49. The van der Waals surface area contributed by atoms with Crippen molar-refractivity contribution < 1.29 is 0 Å². The third kappa shape index (κ3) is 2.59. The molecule has 0 aliphatic heterocycles. The van der Waals surface area contributed by atoms with E-state index in [9.17, 15) is 0 Å². The Labute approximate surface area is 103 Å². The molecule has 0 unspecified atom stereocenters. The van der Waals surface area contributed by atoms with Crippen LogP contribution in [0, 0.1) is 13.8 Å². The Morgan fingerprint density at radius 2 is 2.25 bits per heavy atom. The highest BCUT2D eigenvalue weighted by Gasteiger charge is 2.06. The van der Waals surface area contributed by atoms with Gasteiger partial charge in [-0.05, 0) is 13.8 Å². The minimum Gasteiger partial charge on any atom is -0.245 e. The molecule has 0 saturated carbocycles. The van der Waals surface area contributed by atoms with Crippen LogP contribution < -0.4 is 0 Å². The van der Waals surface area contributed by atoms with E-state index < -0.39 is 0 Å². The Balaban J connectivity index is 2.08. The minimum atomic E-state index is 0.578. The van der Waals surface area contributed by atoms with Crippen molar-refractivity contribution in [1.29, 1.82) is 0 Å². The van der Waals surface area contributed by atoms with Crippen LogP contribution in [0.1, 0.15) is 21.3 Å². The molecule has 2 aromatic rings. The van der Waals surface area contributed by atoms with Crippen LogP contribution in [-0.2, 0) is 13.0 Å². The lowest BCUT2D eigenvalue weighted by Crippen LogP contribution is -1.99. The first-order chi connectivity index (χ1) is 7.69. The Morgan fingerprint density at radius 1 is 1.44 bits per heavy atom. The summed E-state index contributed by atoms with van der Waals surface area (Å²) in [6.07, 6.45) is 2.69. The van der Waals surface area contributed by atoms with Crippen molar-refractivity contribution in [3.63, 3.8) is 0 Å². The van der Waals surface area contributed by atoms with E-state index in [1.54, 1.807) is 16.0 Å². The molecule has 2 aromatic heterocycles. The number of rotatable bonds is 4. The van der Waals surface area contributed by atoms with E-state index in [0.717, 1.165) is 22.8 Å². The highest BCUT2D eigenvalue weighted by atomic mass is 35.5. The molecule has 0 bridgehead atoms. The second-order valence-electron chi connectivity index (χ2n) is 3.60. The SMILES string of the molecule is Cc1nc(Cn2cc(CCCl)nn2)sc1C. The summed E-state index contributed by atoms with van der Waals surface area (Å²) in [5.74, 6) is 0.578. The number of aromatic nitrogens is 4. The van der Waals surface area contributed by atoms with Gasteiger partial charge >= 0.3 is 0 Å². The van der Waals surface area contributed by atoms with Crippen molar-refractivity contribution in [2.24, 2.45) is 0 Å². The van der Waals surface area contributed by atoms with Gasteiger partial charge in [-0.2, -0.15) is 0 Å². The van der Waals surface area contributed by atoms with Gasteiger partial charge in [-0.3, -0.25) is 0 Å². The van der Waals surface area contributed by atoms with Crippen molar-refractivity contribution >= 4 is 22.9 Å². The van der Waals surface area contributed by atoms with E-state index in [4.69, 9.17) is 11.6 Å². The molecule has 0 radical (unpaired) electrons. The van der Waals surface area contributed by atoms with Gasteiger partial charge in [0.2, 0.25) is 0 Å². The van der Waals surface area contributed by atoms with Crippen molar-refractivity contribution in [3.05, 3.63) is 27.5 Å². The summed E-state index contributed by atoms with van der Waals surface area (Å²) >= 11 is 7.35. The van der Waals surface area contributed by atoms with Gasteiger partial charge in [-0.25, -0.2) is 9.67 Å². The summed E-state index contributed by atoms with van der Waals surface area (Å²) < 4.78 is 1.81. The minimum absolute atomic E-state index is 0.578. The van der Waals surface area contributed by atoms with Crippen molar-refractivity contribution in [2.45, 2.75) is 26.8 Å². The van der Waals surface area contributed by atoms with Crippen LogP contribution in [-0.4, -0.2) is 25.9 Å². The number of alkyl halides is 1. The number of halogens is 1. The average molecular weight is 257 g/mol. The summed E-state index contributed by atoms with van der Waals surface area (Å²) in [5, 5.41) is 9.15. The van der Waals surface area contributed by atoms with Crippen LogP contribution in [0.4, 0.5) is 0 Å². The van der Waals surface area contributed by atoms with Crippen LogP contribution in [0.15, 0.2) is 6.20 Å². The summed E-state index contributed by atoms with van der Waals surface area (Å²) in [5.41, 5.74) is 2.03. The summed E-state index contributed by atoms with van der Waals surface area (Å²) in [7, 11) is 0. The molecule has 0 atom stereocenters. The molecule has 0 aromatic carbocycles. The Kier molecular flexibility index (Phi) is 3.56. The zero-order valence-electron chi connectivity index (χ0n) is 9.27. The maximum atomic E-state index is 5.64. The topological polar surface area (TPSA) is 43.6 Å². The molecule has 4 nitrogen and oxygen atoms in total. The number of hydrogen-bond donors (Lipinski definition) is 0. The maximum Gasteiger partial charge on any atom is 0.115 e. The van der Waals surface area contributed by atoms with E-state index in [2.05, 4.69) is 22.2 Å². The van der Waals surface area contributed by atoms with Crippen LogP contribution in [0.5, 0.6) is 0 Å². The van der Waals surface area contributed by atoms with Gasteiger partial charge in [0.1, 0.15) is 5.01 Å².